The Morgan fingerprint density at radius 2 is 1.88 bits per heavy atom. The highest BCUT2D eigenvalue weighted by Gasteiger charge is 2.17. The van der Waals surface area contributed by atoms with E-state index in [0.29, 0.717) is 39.9 Å². The number of hydrogen-bond donors (Lipinski definition) is 1. The fraction of sp³-hybridized carbons (Fsp3) is 0.176. The van der Waals surface area contributed by atoms with Crippen molar-refractivity contribution in [1.29, 1.82) is 0 Å². The average molecular weight is 394 g/mol. The smallest absolute Gasteiger partial charge is 0.182 e. The summed E-state index contributed by atoms with van der Waals surface area (Å²) in [7, 11) is 0. The molecular formula is C17H13Cl2N3O2S. The molecule has 0 radical (unpaired) electrons. The third-order valence-corrected chi connectivity index (χ3v) is 5.05. The number of fused-ring (bicyclic) bond motifs is 1. The van der Waals surface area contributed by atoms with Gasteiger partial charge in [0.15, 0.2) is 16.7 Å². The predicted molar refractivity (Wildman–Crippen MR) is 103 cm³/mol. The van der Waals surface area contributed by atoms with E-state index >= 15 is 0 Å². The normalized spacial score (nSPS) is 17.8. The van der Waals surface area contributed by atoms with Crippen LogP contribution in [-0.2, 0) is 0 Å². The molecule has 25 heavy (non-hydrogen) atoms. The summed E-state index contributed by atoms with van der Waals surface area (Å²) in [6.07, 6.45) is 0. The number of thioether (sulfide) groups is 1. The van der Waals surface area contributed by atoms with E-state index in [2.05, 4.69) is 15.5 Å². The first-order valence-electron chi connectivity index (χ1n) is 7.58. The summed E-state index contributed by atoms with van der Waals surface area (Å²) in [6.45, 7) is 1.15. The fourth-order valence-corrected chi connectivity index (χ4v) is 3.65. The van der Waals surface area contributed by atoms with Gasteiger partial charge < -0.3 is 9.47 Å². The van der Waals surface area contributed by atoms with Crippen LogP contribution in [0.4, 0.5) is 5.69 Å². The molecule has 2 heterocycles. The molecule has 2 aliphatic rings. The van der Waals surface area contributed by atoms with E-state index < -0.39 is 0 Å². The molecule has 4 rings (SSSR count). The summed E-state index contributed by atoms with van der Waals surface area (Å²) in [5.74, 6) is 2.21. The lowest BCUT2D eigenvalue weighted by atomic mass is 10.1. The van der Waals surface area contributed by atoms with Gasteiger partial charge in [-0.1, -0.05) is 35.0 Å². The minimum atomic E-state index is 0.504. The molecule has 0 bridgehead atoms. The topological polar surface area (TPSA) is 55.2 Å². The molecule has 0 spiro atoms. The third-order valence-electron chi connectivity index (χ3n) is 3.64. The number of halogens is 2. The van der Waals surface area contributed by atoms with Crippen molar-refractivity contribution in [2.75, 3.05) is 19.0 Å². The zero-order chi connectivity index (χ0) is 17.2. The molecule has 0 saturated carbocycles. The van der Waals surface area contributed by atoms with Crippen LogP contribution >= 0.6 is 35.0 Å². The van der Waals surface area contributed by atoms with Crippen molar-refractivity contribution in [3.05, 3.63) is 52.0 Å². The molecule has 0 atom stereocenters. The number of hydrogen-bond acceptors (Lipinski definition) is 5. The van der Waals surface area contributed by atoms with E-state index in [1.807, 2.05) is 18.2 Å². The van der Waals surface area contributed by atoms with Gasteiger partial charge >= 0.3 is 0 Å². The Morgan fingerprint density at radius 3 is 2.64 bits per heavy atom. The molecular weight excluding hydrogens is 381 g/mol. The number of amidine groups is 1. The van der Waals surface area contributed by atoms with Gasteiger partial charge in [-0.05, 0) is 36.4 Å². The Balaban J connectivity index is 1.53. The van der Waals surface area contributed by atoms with Crippen LogP contribution in [0, 0.1) is 0 Å². The molecule has 2 aromatic rings. The highest BCUT2D eigenvalue weighted by atomic mass is 35.5. The molecule has 8 heteroatoms. The third kappa shape index (κ3) is 3.71. The number of nitrogens with one attached hydrogen (secondary N) is 1. The van der Waals surface area contributed by atoms with Crippen molar-refractivity contribution in [2.24, 2.45) is 10.1 Å². The van der Waals surface area contributed by atoms with Crippen molar-refractivity contribution >= 4 is 51.5 Å². The molecule has 0 unspecified atom stereocenters. The van der Waals surface area contributed by atoms with Gasteiger partial charge in [-0.3, -0.25) is 5.43 Å². The van der Waals surface area contributed by atoms with E-state index in [-0.39, 0.29) is 0 Å². The molecule has 0 fully saturated rings. The minimum Gasteiger partial charge on any atom is -0.486 e. The zero-order valence-electron chi connectivity index (χ0n) is 13.0. The van der Waals surface area contributed by atoms with Crippen LogP contribution in [0.1, 0.15) is 5.56 Å². The van der Waals surface area contributed by atoms with Crippen molar-refractivity contribution in [3.8, 4) is 11.5 Å². The van der Waals surface area contributed by atoms with Gasteiger partial charge in [0.2, 0.25) is 0 Å². The summed E-state index contributed by atoms with van der Waals surface area (Å²) in [6, 6.07) is 11.0. The Morgan fingerprint density at radius 1 is 1.04 bits per heavy atom. The maximum absolute atomic E-state index is 6.15. The molecule has 0 aromatic heterocycles. The first-order chi connectivity index (χ1) is 12.2. The van der Waals surface area contributed by atoms with Crippen molar-refractivity contribution in [1.82, 2.24) is 5.43 Å². The summed E-state index contributed by atoms with van der Waals surface area (Å²) in [4.78, 5) is 4.48. The van der Waals surface area contributed by atoms with Gasteiger partial charge in [-0.25, -0.2) is 4.99 Å². The Bertz CT molecular complexity index is 886. The minimum absolute atomic E-state index is 0.504. The number of benzene rings is 2. The fourth-order valence-electron chi connectivity index (χ4n) is 2.43. The van der Waals surface area contributed by atoms with E-state index in [9.17, 15) is 0 Å². The summed E-state index contributed by atoms with van der Waals surface area (Å²) < 4.78 is 11.2. The molecule has 0 amide bonds. The lowest BCUT2D eigenvalue weighted by molar-refractivity contribution is 0.171. The molecule has 5 nitrogen and oxygen atoms in total. The number of nitrogens with zero attached hydrogens (tertiary/aromatic N) is 2. The molecule has 1 N–H and O–H groups in total. The van der Waals surface area contributed by atoms with Gasteiger partial charge in [0, 0.05) is 16.3 Å². The first kappa shape index (κ1) is 16.6. The second kappa shape index (κ2) is 7.15. The van der Waals surface area contributed by atoms with Gasteiger partial charge in [-0.15, -0.1) is 0 Å². The van der Waals surface area contributed by atoms with Crippen LogP contribution in [0.5, 0.6) is 11.5 Å². The molecule has 128 valence electrons. The average Bonchev–Trinajstić information content (AvgIpc) is 2.64. The van der Waals surface area contributed by atoms with Gasteiger partial charge in [-0.2, -0.15) is 5.10 Å². The summed E-state index contributed by atoms with van der Waals surface area (Å²) >= 11 is 13.6. The predicted octanol–water partition coefficient (Wildman–Crippen LogP) is 4.49. The molecule has 2 aromatic carbocycles. The van der Waals surface area contributed by atoms with Crippen LogP contribution < -0.4 is 14.9 Å². The Kier molecular flexibility index (Phi) is 4.74. The quantitative estimate of drug-likeness (QED) is 0.816. The van der Waals surface area contributed by atoms with E-state index in [1.165, 1.54) is 0 Å². The second-order valence-corrected chi connectivity index (χ2v) is 7.14. The first-order valence-corrected chi connectivity index (χ1v) is 9.32. The van der Waals surface area contributed by atoms with Gasteiger partial charge in [0.1, 0.15) is 13.2 Å². The standard InChI is InChI=1S/C17H13Cl2N3O2S/c18-11-2-3-13(12(19)8-11)20-17-22-21-14(9-25-17)10-1-4-15-16(7-10)24-6-5-23-15/h1-4,7-8H,5-6,9H2,(H,20,22). The Labute approximate surface area is 159 Å². The lowest BCUT2D eigenvalue weighted by Gasteiger charge is -2.20. The summed E-state index contributed by atoms with van der Waals surface area (Å²) in [5, 5.41) is 6.19. The molecule has 0 aliphatic carbocycles. The van der Waals surface area contributed by atoms with Crippen molar-refractivity contribution < 1.29 is 9.47 Å². The van der Waals surface area contributed by atoms with Crippen LogP contribution in [-0.4, -0.2) is 29.8 Å². The molecule has 0 saturated heterocycles. The van der Waals surface area contributed by atoms with Crippen LogP contribution in [0.3, 0.4) is 0 Å². The number of ether oxygens (including phenoxy) is 2. The van der Waals surface area contributed by atoms with Crippen molar-refractivity contribution in [3.63, 3.8) is 0 Å². The van der Waals surface area contributed by atoms with Gasteiger partial charge in [0.05, 0.1) is 16.4 Å². The lowest BCUT2D eigenvalue weighted by Crippen LogP contribution is -2.25. The Hall–Kier alpha value is -1.89. The van der Waals surface area contributed by atoms with E-state index in [1.54, 1.807) is 30.0 Å². The molecule has 2 aliphatic heterocycles. The van der Waals surface area contributed by atoms with Crippen molar-refractivity contribution in [2.45, 2.75) is 0 Å². The second-order valence-electron chi connectivity index (χ2n) is 5.33. The highest BCUT2D eigenvalue weighted by molar-refractivity contribution is 8.14. The number of aliphatic imine (C=N–C) groups is 1. The summed E-state index contributed by atoms with van der Waals surface area (Å²) in [5.41, 5.74) is 5.54. The van der Waals surface area contributed by atoms with Crippen LogP contribution in [0.2, 0.25) is 10.0 Å². The van der Waals surface area contributed by atoms with Gasteiger partial charge in [0.25, 0.3) is 0 Å². The largest absolute Gasteiger partial charge is 0.486 e. The maximum atomic E-state index is 6.15. The zero-order valence-corrected chi connectivity index (χ0v) is 15.3. The SMILES string of the molecule is Clc1ccc(N=C2NN=C(c3ccc4c(c3)OCCO4)CS2)c(Cl)c1. The van der Waals surface area contributed by atoms with E-state index in [0.717, 1.165) is 22.8 Å². The van der Waals surface area contributed by atoms with E-state index in [4.69, 9.17) is 32.7 Å². The highest BCUT2D eigenvalue weighted by Crippen LogP contribution is 2.32. The van der Waals surface area contributed by atoms with Crippen LogP contribution in [0.15, 0.2) is 46.5 Å². The van der Waals surface area contributed by atoms with Crippen LogP contribution in [0.25, 0.3) is 0 Å². The monoisotopic (exact) mass is 393 g/mol. The maximum Gasteiger partial charge on any atom is 0.182 e. The number of rotatable bonds is 2. The number of hydrazone groups is 1.